The summed E-state index contributed by atoms with van der Waals surface area (Å²) in [4.78, 5) is 13.7. The Balaban J connectivity index is 1.53. The molecule has 8 heteroatoms. The number of para-hydroxylation sites is 1. The summed E-state index contributed by atoms with van der Waals surface area (Å²) in [5, 5.41) is 1.11. The van der Waals surface area contributed by atoms with Crippen LogP contribution >= 0.6 is 0 Å². The number of aromatic nitrogens is 1. The molecule has 29 heavy (non-hydrogen) atoms. The number of ether oxygens (including phenoxy) is 1. The highest BCUT2D eigenvalue weighted by molar-refractivity contribution is 7.89. The third kappa shape index (κ3) is 3.86. The average Bonchev–Trinajstić information content (AvgIpc) is 3.34. The first kappa shape index (κ1) is 19.5. The second-order valence-corrected chi connectivity index (χ2v) is 8.69. The van der Waals surface area contributed by atoms with Crippen LogP contribution in [0.1, 0.15) is 12.8 Å². The number of anilines is 1. The van der Waals surface area contributed by atoms with Crippen LogP contribution in [0.2, 0.25) is 0 Å². The molecule has 0 bridgehead atoms. The van der Waals surface area contributed by atoms with Gasteiger partial charge in [-0.15, -0.1) is 0 Å². The van der Waals surface area contributed by atoms with Crippen molar-refractivity contribution >= 4 is 32.5 Å². The number of carbonyl (C=O) groups excluding carboxylic acids is 1. The fraction of sp³-hybridized carbons (Fsp3) is 0.286. The van der Waals surface area contributed by atoms with Gasteiger partial charge in [-0.3, -0.25) is 4.79 Å². The molecule has 1 aliphatic heterocycles. The van der Waals surface area contributed by atoms with Crippen LogP contribution in [0.4, 0.5) is 5.69 Å². The first-order valence-corrected chi connectivity index (χ1v) is 11.0. The molecule has 7 nitrogen and oxygen atoms in total. The maximum Gasteiger partial charge on any atom is 0.244 e. The quantitative estimate of drug-likeness (QED) is 0.646. The van der Waals surface area contributed by atoms with Crippen LogP contribution in [0.15, 0.2) is 59.6 Å². The zero-order chi connectivity index (χ0) is 20.4. The van der Waals surface area contributed by atoms with Gasteiger partial charge in [0.05, 0.1) is 7.11 Å². The van der Waals surface area contributed by atoms with Crippen LogP contribution in [0.3, 0.4) is 0 Å². The summed E-state index contributed by atoms with van der Waals surface area (Å²) in [5.74, 6) is 0.255. The molecule has 152 valence electrons. The van der Waals surface area contributed by atoms with Gasteiger partial charge in [0.1, 0.15) is 10.6 Å². The van der Waals surface area contributed by atoms with Gasteiger partial charge in [-0.25, -0.2) is 13.1 Å². The third-order valence-corrected chi connectivity index (χ3v) is 6.63. The van der Waals surface area contributed by atoms with Gasteiger partial charge in [0, 0.05) is 43.5 Å². The molecule has 0 saturated carbocycles. The van der Waals surface area contributed by atoms with Crippen LogP contribution in [-0.2, 0) is 21.4 Å². The van der Waals surface area contributed by atoms with E-state index in [-0.39, 0.29) is 23.1 Å². The molecule has 0 radical (unpaired) electrons. The van der Waals surface area contributed by atoms with Crippen molar-refractivity contribution in [3.8, 4) is 5.75 Å². The van der Waals surface area contributed by atoms with E-state index in [4.69, 9.17) is 4.74 Å². The lowest BCUT2D eigenvalue weighted by atomic mass is 10.2. The van der Waals surface area contributed by atoms with Crippen molar-refractivity contribution in [3.63, 3.8) is 0 Å². The lowest BCUT2D eigenvalue weighted by Gasteiger charge is -2.18. The Morgan fingerprint density at radius 1 is 1.14 bits per heavy atom. The number of rotatable bonds is 7. The van der Waals surface area contributed by atoms with Gasteiger partial charge in [-0.05, 0) is 42.1 Å². The van der Waals surface area contributed by atoms with E-state index in [9.17, 15) is 13.2 Å². The molecule has 4 rings (SSSR count). The highest BCUT2D eigenvalue weighted by atomic mass is 32.2. The minimum atomic E-state index is -3.81. The first-order valence-electron chi connectivity index (χ1n) is 9.51. The van der Waals surface area contributed by atoms with Crippen molar-refractivity contribution in [1.29, 1.82) is 0 Å². The predicted octanol–water partition coefficient (Wildman–Crippen LogP) is 2.76. The summed E-state index contributed by atoms with van der Waals surface area (Å²) < 4.78 is 35.8. The van der Waals surface area contributed by atoms with Crippen LogP contribution in [-0.4, -0.2) is 39.1 Å². The van der Waals surface area contributed by atoms with Crippen LogP contribution in [0, 0.1) is 0 Å². The van der Waals surface area contributed by atoms with Crippen molar-refractivity contribution in [1.82, 2.24) is 9.29 Å². The number of methoxy groups -OCH3 is 1. The standard InChI is InChI=1S/C21H23N3O4S/c1-28-19-9-8-17(24-12-4-7-21(24)25)15-20(19)29(26,27)22-11-14-23-13-10-16-5-2-3-6-18(16)23/h2-3,5-6,8-10,13,15,22H,4,7,11-12,14H2,1H3. The molecule has 1 N–H and O–H groups in total. The SMILES string of the molecule is COc1ccc(N2CCCC2=O)cc1S(=O)(=O)NCCn1ccc2ccccc21. The smallest absolute Gasteiger partial charge is 0.244 e. The van der Waals surface area contributed by atoms with Crippen LogP contribution in [0.5, 0.6) is 5.75 Å². The molecule has 0 aliphatic carbocycles. The van der Waals surface area contributed by atoms with Crippen molar-refractivity contribution in [2.45, 2.75) is 24.3 Å². The fourth-order valence-electron chi connectivity index (χ4n) is 3.68. The summed E-state index contributed by atoms with van der Waals surface area (Å²) in [6.07, 6.45) is 3.20. The monoisotopic (exact) mass is 413 g/mol. The van der Waals surface area contributed by atoms with E-state index in [0.29, 0.717) is 25.2 Å². The molecular formula is C21H23N3O4S. The minimum Gasteiger partial charge on any atom is -0.495 e. The van der Waals surface area contributed by atoms with Gasteiger partial charge >= 0.3 is 0 Å². The Bertz CT molecular complexity index is 1150. The Morgan fingerprint density at radius 2 is 1.97 bits per heavy atom. The summed E-state index contributed by atoms with van der Waals surface area (Å²) in [5.41, 5.74) is 1.63. The molecule has 2 aromatic carbocycles. The topological polar surface area (TPSA) is 80.6 Å². The van der Waals surface area contributed by atoms with Crippen LogP contribution < -0.4 is 14.4 Å². The second-order valence-electron chi connectivity index (χ2n) is 6.95. The van der Waals surface area contributed by atoms with Crippen molar-refractivity contribution in [2.75, 3.05) is 25.1 Å². The van der Waals surface area contributed by atoms with Gasteiger partial charge in [0.25, 0.3) is 0 Å². The van der Waals surface area contributed by atoms with Crippen molar-refractivity contribution < 1.29 is 17.9 Å². The molecular weight excluding hydrogens is 390 g/mol. The molecule has 0 spiro atoms. The predicted molar refractivity (Wildman–Crippen MR) is 112 cm³/mol. The molecule has 2 heterocycles. The number of benzene rings is 2. The van der Waals surface area contributed by atoms with Gasteiger partial charge in [0.15, 0.2) is 0 Å². The van der Waals surface area contributed by atoms with Crippen LogP contribution in [0.25, 0.3) is 10.9 Å². The van der Waals surface area contributed by atoms with E-state index >= 15 is 0 Å². The zero-order valence-electron chi connectivity index (χ0n) is 16.2. The highest BCUT2D eigenvalue weighted by Crippen LogP contribution is 2.30. The number of sulfonamides is 1. The molecule has 0 atom stereocenters. The maximum atomic E-state index is 12.9. The molecule has 3 aromatic rings. The van der Waals surface area contributed by atoms with Gasteiger partial charge in [-0.1, -0.05) is 18.2 Å². The van der Waals surface area contributed by atoms with E-state index in [1.54, 1.807) is 17.0 Å². The van der Waals surface area contributed by atoms with Crippen molar-refractivity contribution in [2.24, 2.45) is 0 Å². The molecule has 1 aliphatic rings. The lowest BCUT2D eigenvalue weighted by molar-refractivity contribution is -0.117. The third-order valence-electron chi connectivity index (χ3n) is 5.15. The summed E-state index contributed by atoms with van der Waals surface area (Å²) in [7, 11) is -2.37. The Kier molecular flexibility index (Phi) is 5.29. The molecule has 1 saturated heterocycles. The van der Waals surface area contributed by atoms with E-state index in [2.05, 4.69) is 4.72 Å². The highest BCUT2D eigenvalue weighted by Gasteiger charge is 2.25. The number of fused-ring (bicyclic) bond motifs is 1. The average molecular weight is 413 g/mol. The number of nitrogens with one attached hydrogen (secondary N) is 1. The Hall–Kier alpha value is -2.84. The lowest BCUT2D eigenvalue weighted by Crippen LogP contribution is -2.28. The number of hydrogen-bond acceptors (Lipinski definition) is 4. The Labute approximate surface area is 169 Å². The first-order chi connectivity index (χ1) is 14.0. The summed E-state index contributed by atoms with van der Waals surface area (Å²) in [6.45, 7) is 1.33. The van der Waals surface area contributed by atoms with E-state index in [1.807, 2.05) is 41.1 Å². The molecule has 0 unspecified atom stereocenters. The van der Waals surface area contributed by atoms with Gasteiger partial charge in [-0.2, -0.15) is 0 Å². The maximum absolute atomic E-state index is 12.9. The number of nitrogens with zero attached hydrogens (tertiary/aromatic N) is 2. The summed E-state index contributed by atoms with van der Waals surface area (Å²) >= 11 is 0. The fourth-order valence-corrected chi connectivity index (χ4v) is 4.89. The number of amides is 1. The minimum absolute atomic E-state index is 0.00552. The summed E-state index contributed by atoms with van der Waals surface area (Å²) in [6, 6.07) is 14.8. The van der Waals surface area contributed by atoms with Gasteiger partial charge < -0.3 is 14.2 Å². The number of hydrogen-bond donors (Lipinski definition) is 1. The van der Waals surface area contributed by atoms with E-state index in [0.717, 1.165) is 17.3 Å². The Morgan fingerprint density at radius 3 is 2.72 bits per heavy atom. The van der Waals surface area contributed by atoms with E-state index in [1.165, 1.54) is 13.2 Å². The molecule has 1 amide bonds. The van der Waals surface area contributed by atoms with Gasteiger partial charge in [0.2, 0.25) is 15.9 Å². The van der Waals surface area contributed by atoms with E-state index < -0.39 is 10.0 Å². The zero-order valence-corrected chi connectivity index (χ0v) is 17.0. The largest absolute Gasteiger partial charge is 0.495 e. The normalized spacial score (nSPS) is 14.7. The van der Waals surface area contributed by atoms with Crippen molar-refractivity contribution in [3.05, 3.63) is 54.7 Å². The molecule has 1 aromatic heterocycles. The second kappa shape index (κ2) is 7.88. The number of carbonyl (C=O) groups is 1. The molecule has 1 fully saturated rings.